The van der Waals surface area contributed by atoms with Crippen molar-refractivity contribution in [2.24, 2.45) is 5.73 Å². The van der Waals surface area contributed by atoms with Crippen LogP contribution in [0.3, 0.4) is 0 Å². The quantitative estimate of drug-likeness (QED) is 0.830. The van der Waals surface area contributed by atoms with Crippen LogP contribution in [0.1, 0.15) is 13.3 Å². The molecule has 5 nitrogen and oxygen atoms in total. The summed E-state index contributed by atoms with van der Waals surface area (Å²) in [5.41, 5.74) is 4.94. The van der Waals surface area contributed by atoms with E-state index in [1.54, 1.807) is 18.3 Å². The number of hydrogen-bond acceptors (Lipinski definition) is 4. The van der Waals surface area contributed by atoms with Gasteiger partial charge < -0.3 is 15.8 Å². The first kappa shape index (κ1) is 12.6. The van der Waals surface area contributed by atoms with Crippen LogP contribution < -0.4 is 11.1 Å². The van der Waals surface area contributed by atoms with Crippen molar-refractivity contribution < 1.29 is 9.53 Å². The fraction of sp³-hybridized carbons (Fsp3) is 0.400. The van der Waals surface area contributed by atoms with E-state index < -0.39 is 6.09 Å². The number of rotatable bonds is 5. The van der Waals surface area contributed by atoms with Crippen LogP contribution in [0.15, 0.2) is 18.3 Å². The molecule has 1 aromatic heterocycles. The lowest BCUT2D eigenvalue weighted by atomic mass is 10.3. The molecule has 1 atom stereocenters. The molecule has 6 heteroatoms. The smallest absolute Gasteiger partial charge is 0.404 e. The van der Waals surface area contributed by atoms with Gasteiger partial charge in [-0.1, -0.05) is 18.5 Å². The maximum atomic E-state index is 10.6. The topological polar surface area (TPSA) is 77.2 Å². The first-order valence-corrected chi connectivity index (χ1v) is 5.31. The van der Waals surface area contributed by atoms with Crippen molar-refractivity contribution in [2.75, 3.05) is 11.9 Å². The Morgan fingerprint density at radius 3 is 2.94 bits per heavy atom. The maximum Gasteiger partial charge on any atom is 0.404 e. The number of nitrogens with one attached hydrogen (secondary N) is 1. The van der Waals surface area contributed by atoms with E-state index in [4.69, 9.17) is 22.1 Å². The van der Waals surface area contributed by atoms with E-state index >= 15 is 0 Å². The van der Waals surface area contributed by atoms with Gasteiger partial charge >= 0.3 is 6.09 Å². The number of hydrogen-bond donors (Lipinski definition) is 2. The van der Waals surface area contributed by atoms with Crippen molar-refractivity contribution >= 4 is 23.5 Å². The molecule has 0 fully saturated rings. The maximum absolute atomic E-state index is 10.6. The van der Waals surface area contributed by atoms with Gasteiger partial charge in [0.15, 0.2) is 0 Å². The van der Waals surface area contributed by atoms with Gasteiger partial charge in [0.2, 0.25) is 0 Å². The minimum absolute atomic E-state index is 0.255. The summed E-state index contributed by atoms with van der Waals surface area (Å²) in [4.78, 5) is 14.6. The summed E-state index contributed by atoms with van der Waals surface area (Å²) in [6, 6.07) is 3.48. The summed E-state index contributed by atoms with van der Waals surface area (Å²) < 4.78 is 4.87. The fourth-order valence-corrected chi connectivity index (χ4v) is 1.24. The van der Waals surface area contributed by atoms with Crippen molar-refractivity contribution in [1.29, 1.82) is 0 Å². The monoisotopic (exact) mass is 243 g/mol. The zero-order valence-electron chi connectivity index (χ0n) is 8.94. The van der Waals surface area contributed by atoms with Crippen LogP contribution in [0.4, 0.5) is 10.6 Å². The average Bonchev–Trinajstić information content (AvgIpc) is 2.26. The van der Waals surface area contributed by atoms with Gasteiger partial charge in [0, 0.05) is 6.20 Å². The molecular weight excluding hydrogens is 230 g/mol. The highest BCUT2D eigenvalue weighted by atomic mass is 35.5. The van der Waals surface area contributed by atoms with Gasteiger partial charge in [-0.2, -0.15) is 0 Å². The Kier molecular flexibility index (Phi) is 4.85. The number of primary amides is 1. The van der Waals surface area contributed by atoms with E-state index in [1.165, 1.54) is 0 Å². The molecule has 0 aliphatic rings. The van der Waals surface area contributed by atoms with Gasteiger partial charge in [0.25, 0.3) is 0 Å². The first-order valence-electron chi connectivity index (χ1n) is 4.93. The molecule has 0 radical (unpaired) electrons. The minimum Gasteiger partial charge on any atom is -0.445 e. The Labute approximate surface area is 98.9 Å². The highest BCUT2D eigenvalue weighted by Crippen LogP contribution is 2.10. The summed E-state index contributed by atoms with van der Waals surface area (Å²) in [5.74, 6) is 0.677. The zero-order valence-corrected chi connectivity index (χ0v) is 9.70. The van der Waals surface area contributed by atoms with E-state index in [9.17, 15) is 4.79 Å². The molecule has 1 rings (SSSR count). The van der Waals surface area contributed by atoms with Crippen LogP contribution in [-0.4, -0.2) is 23.7 Å². The van der Waals surface area contributed by atoms with Crippen LogP contribution in [0.25, 0.3) is 0 Å². The van der Waals surface area contributed by atoms with E-state index in [2.05, 4.69) is 10.3 Å². The second kappa shape index (κ2) is 6.17. The molecule has 0 aliphatic carbocycles. The predicted molar refractivity (Wildman–Crippen MR) is 62.5 cm³/mol. The lowest BCUT2D eigenvalue weighted by Crippen LogP contribution is -2.28. The summed E-state index contributed by atoms with van der Waals surface area (Å²) in [5, 5.41) is 3.60. The molecule has 0 aromatic carbocycles. The van der Waals surface area contributed by atoms with Crippen LogP contribution in [-0.2, 0) is 4.74 Å². The normalized spacial score (nSPS) is 11.9. The molecule has 0 bridgehead atoms. The highest BCUT2D eigenvalue weighted by molar-refractivity contribution is 6.30. The van der Waals surface area contributed by atoms with E-state index in [-0.39, 0.29) is 6.10 Å². The molecule has 88 valence electrons. The number of aromatic nitrogens is 1. The average molecular weight is 244 g/mol. The molecule has 0 saturated carbocycles. The largest absolute Gasteiger partial charge is 0.445 e. The molecule has 16 heavy (non-hydrogen) atoms. The van der Waals surface area contributed by atoms with E-state index in [0.29, 0.717) is 23.8 Å². The van der Waals surface area contributed by atoms with E-state index in [0.717, 1.165) is 0 Å². The Morgan fingerprint density at radius 1 is 1.69 bits per heavy atom. The van der Waals surface area contributed by atoms with E-state index in [1.807, 2.05) is 6.92 Å². The second-order valence-corrected chi connectivity index (χ2v) is 3.65. The van der Waals surface area contributed by atoms with Gasteiger partial charge in [0.1, 0.15) is 11.9 Å². The number of halogens is 1. The van der Waals surface area contributed by atoms with Crippen molar-refractivity contribution in [3.8, 4) is 0 Å². The fourth-order valence-electron chi connectivity index (χ4n) is 1.13. The zero-order chi connectivity index (χ0) is 12.0. The molecule has 0 saturated heterocycles. The number of amides is 1. The lowest BCUT2D eigenvalue weighted by Gasteiger charge is -2.15. The third kappa shape index (κ3) is 4.35. The number of anilines is 1. The summed E-state index contributed by atoms with van der Waals surface area (Å²) in [6.07, 6.45) is 1.20. The Hall–Kier alpha value is -1.49. The molecule has 3 N–H and O–H groups in total. The molecular formula is C10H14ClN3O2. The Morgan fingerprint density at radius 2 is 2.44 bits per heavy atom. The predicted octanol–water partition coefficient (Wildman–Crippen LogP) is 2.02. The van der Waals surface area contributed by atoms with Gasteiger partial charge in [0.05, 0.1) is 11.6 Å². The first-order chi connectivity index (χ1) is 7.61. The van der Waals surface area contributed by atoms with Gasteiger partial charge in [-0.25, -0.2) is 9.78 Å². The standard InChI is InChI=1S/C10H14ClN3O2/c1-2-8(16-10(12)15)6-14-9-4-3-7(11)5-13-9/h3-5,8H,2,6H2,1H3,(H2,12,15)(H,13,14). The molecule has 1 unspecified atom stereocenters. The Bertz CT molecular complexity index is 342. The molecule has 1 amide bonds. The molecule has 1 aromatic rings. The number of nitrogens with zero attached hydrogens (tertiary/aromatic N) is 1. The third-order valence-electron chi connectivity index (χ3n) is 1.98. The van der Waals surface area contributed by atoms with Gasteiger partial charge in [-0.05, 0) is 18.6 Å². The van der Waals surface area contributed by atoms with Crippen molar-refractivity contribution in [2.45, 2.75) is 19.4 Å². The molecule has 0 spiro atoms. The van der Waals surface area contributed by atoms with Gasteiger partial charge in [-0.3, -0.25) is 0 Å². The number of carbonyl (C=O) groups is 1. The van der Waals surface area contributed by atoms with Crippen LogP contribution >= 0.6 is 11.6 Å². The second-order valence-electron chi connectivity index (χ2n) is 3.21. The van der Waals surface area contributed by atoms with Crippen molar-refractivity contribution in [3.63, 3.8) is 0 Å². The van der Waals surface area contributed by atoms with Crippen LogP contribution in [0.5, 0.6) is 0 Å². The summed E-state index contributed by atoms with van der Waals surface area (Å²) >= 11 is 5.69. The number of pyridine rings is 1. The molecule has 0 aliphatic heterocycles. The lowest BCUT2D eigenvalue weighted by molar-refractivity contribution is 0.111. The number of nitrogens with two attached hydrogens (primary N) is 1. The number of ether oxygens (including phenoxy) is 1. The van der Waals surface area contributed by atoms with Gasteiger partial charge in [-0.15, -0.1) is 0 Å². The van der Waals surface area contributed by atoms with Crippen molar-refractivity contribution in [1.82, 2.24) is 4.98 Å². The molecule has 1 heterocycles. The summed E-state index contributed by atoms with van der Waals surface area (Å²) in [6.45, 7) is 2.37. The minimum atomic E-state index is -0.766. The SMILES string of the molecule is CCC(CNc1ccc(Cl)cn1)OC(N)=O. The van der Waals surface area contributed by atoms with Crippen LogP contribution in [0.2, 0.25) is 5.02 Å². The number of carbonyl (C=O) groups excluding carboxylic acids is 1. The third-order valence-corrected chi connectivity index (χ3v) is 2.20. The Balaban J connectivity index is 2.43. The highest BCUT2D eigenvalue weighted by Gasteiger charge is 2.09. The van der Waals surface area contributed by atoms with Crippen molar-refractivity contribution in [3.05, 3.63) is 23.4 Å². The van der Waals surface area contributed by atoms with Crippen LogP contribution in [0, 0.1) is 0 Å². The summed E-state index contributed by atoms with van der Waals surface area (Å²) in [7, 11) is 0.